The average molecular weight is 227 g/mol. The normalized spacial score (nSPS) is 15.4. The highest BCUT2D eigenvalue weighted by atomic mass is 16.4. The highest BCUT2D eigenvalue weighted by molar-refractivity contribution is 5.93. The molecule has 1 atom stereocenters. The molecule has 0 aromatic rings. The molecule has 0 heterocycles. The van der Waals surface area contributed by atoms with Crippen LogP contribution in [-0.2, 0) is 9.59 Å². The van der Waals surface area contributed by atoms with Crippen LogP contribution in [0, 0.1) is 0 Å². The summed E-state index contributed by atoms with van der Waals surface area (Å²) < 4.78 is 0. The van der Waals surface area contributed by atoms with Gasteiger partial charge in [-0.3, -0.25) is 9.59 Å². The zero-order valence-corrected chi connectivity index (χ0v) is 10.5. The van der Waals surface area contributed by atoms with Crippen LogP contribution in [0.1, 0.15) is 47.0 Å². The monoisotopic (exact) mass is 227 g/mol. The molecule has 0 aliphatic carbocycles. The summed E-state index contributed by atoms with van der Waals surface area (Å²) in [6.45, 7) is 7.29. The molecule has 0 rings (SSSR count). The molecule has 1 unspecified atom stereocenters. The first-order valence-corrected chi connectivity index (χ1v) is 5.55. The van der Waals surface area contributed by atoms with Gasteiger partial charge >= 0.3 is 5.97 Å². The molecule has 0 spiro atoms. The summed E-state index contributed by atoms with van der Waals surface area (Å²) in [5, 5.41) is 11.5. The third kappa shape index (κ3) is 4.96. The van der Waals surface area contributed by atoms with Gasteiger partial charge in [-0.1, -0.05) is 19.9 Å². The number of carboxylic acids is 1. The lowest BCUT2D eigenvalue weighted by Crippen LogP contribution is -2.47. The summed E-state index contributed by atoms with van der Waals surface area (Å²) >= 11 is 0. The van der Waals surface area contributed by atoms with Crippen molar-refractivity contribution >= 4 is 11.9 Å². The zero-order valence-electron chi connectivity index (χ0n) is 10.5. The Kier molecular flexibility index (Phi) is 5.78. The summed E-state index contributed by atoms with van der Waals surface area (Å²) in [5.41, 5.74) is -0.0428. The predicted octanol–water partition coefficient (Wildman–Crippen LogP) is 2.10. The maximum atomic E-state index is 11.7. The average Bonchev–Trinajstić information content (AvgIpc) is 2.16. The van der Waals surface area contributed by atoms with E-state index in [0.717, 1.165) is 6.42 Å². The lowest BCUT2D eigenvalue weighted by molar-refractivity contribution is -0.138. The lowest BCUT2D eigenvalue weighted by Gasteiger charge is -2.28. The van der Waals surface area contributed by atoms with Crippen molar-refractivity contribution in [3.05, 3.63) is 11.6 Å². The third-order valence-electron chi connectivity index (χ3n) is 2.61. The van der Waals surface area contributed by atoms with Crippen LogP contribution in [0.15, 0.2) is 11.6 Å². The Bertz CT molecular complexity index is 297. The van der Waals surface area contributed by atoms with Gasteiger partial charge < -0.3 is 10.4 Å². The number of carbonyl (C=O) groups is 2. The van der Waals surface area contributed by atoms with Gasteiger partial charge in [-0.15, -0.1) is 0 Å². The Morgan fingerprint density at radius 2 is 1.94 bits per heavy atom. The van der Waals surface area contributed by atoms with Gasteiger partial charge in [0.25, 0.3) is 0 Å². The van der Waals surface area contributed by atoms with E-state index in [9.17, 15) is 9.59 Å². The highest BCUT2D eigenvalue weighted by Gasteiger charge is 2.27. The second-order valence-electron chi connectivity index (χ2n) is 4.23. The number of allylic oxidation sites excluding steroid dienone is 1. The number of hydrogen-bond donors (Lipinski definition) is 2. The number of nitrogens with one attached hydrogen (secondary N) is 1. The quantitative estimate of drug-likeness (QED) is 0.683. The van der Waals surface area contributed by atoms with Crippen LogP contribution < -0.4 is 5.32 Å². The molecular formula is C12H21NO3. The van der Waals surface area contributed by atoms with Crippen LogP contribution in [0.4, 0.5) is 0 Å². The van der Waals surface area contributed by atoms with E-state index in [-0.39, 0.29) is 12.3 Å². The first-order chi connectivity index (χ1) is 7.34. The van der Waals surface area contributed by atoms with Crippen molar-refractivity contribution in [2.75, 3.05) is 0 Å². The van der Waals surface area contributed by atoms with Crippen LogP contribution in [0.3, 0.4) is 0 Å². The molecule has 4 heteroatoms. The molecule has 0 aliphatic heterocycles. The van der Waals surface area contributed by atoms with E-state index in [4.69, 9.17) is 5.11 Å². The fourth-order valence-corrected chi connectivity index (χ4v) is 1.36. The Balaban J connectivity index is 4.59. The predicted molar refractivity (Wildman–Crippen MR) is 63.1 cm³/mol. The van der Waals surface area contributed by atoms with Crippen molar-refractivity contribution in [1.82, 2.24) is 5.32 Å². The minimum atomic E-state index is -0.901. The Morgan fingerprint density at radius 3 is 2.31 bits per heavy atom. The number of hydrogen-bond acceptors (Lipinski definition) is 2. The van der Waals surface area contributed by atoms with E-state index in [1.165, 1.54) is 0 Å². The molecule has 4 nitrogen and oxygen atoms in total. The molecule has 0 saturated carbocycles. The van der Waals surface area contributed by atoms with Crippen molar-refractivity contribution in [2.24, 2.45) is 0 Å². The first kappa shape index (κ1) is 14.7. The molecule has 0 radical (unpaired) electrons. The lowest BCUT2D eigenvalue weighted by atomic mass is 9.94. The molecule has 0 aromatic heterocycles. The molecular weight excluding hydrogens is 206 g/mol. The molecule has 1 amide bonds. The van der Waals surface area contributed by atoms with Gasteiger partial charge in [-0.2, -0.15) is 0 Å². The van der Waals surface area contributed by atoms with Crippen LogP contribution >= 0.6 is 0 Å². The van der Waals surface area contributed by atoms with E-state index in [0.29, 0.717) is 12.0 Å². The number of carbonyl (C=O) groups excluding carboxylic acids is 1. The van der Waals surface area contributed by atoms with Gasteiger partial charge in [0.1, 0.15) is 0 Å². The Morgan fingerprint density at radius 1 is 1.38 bits per heavy atom. The van der Waals surface area contributed by atoms with Gasteiger partial charge in [0.05, 0.1) is 6.42 Å². The summed E-state index contributed by atoms with van der Waals surface area (Å²) in [6.07, 6.45) is 3.15. The summed E-state index contributed by atoms with van der Waals surface area (Å²) in [6, 6.07) is 0. The molecule has 0 bridgehead atoms. The minimum absolute atomic E-state index is 0.0609. The maximum absolute atomic E-state index is 11.7. The van der Waals surface area contributed by atoms with Crippen LogP contribution in [0.2, 0.25) is 0 Å². The van der Waals surface area contributed by atoms with E-state index >= 15 is 0 Å². The highest BCUT2D eigenvalue weighted by Crippen LogP contribution is 2.15. The minimum Gasteiger partial charge on any atom is -0.481 e. The number of carboxylic acid groups (broad SMARTS) is 1. The van der Waals surface area contributed by atoms with Gasteiger partial charge in [0.15, 0.2) is 0 Å². The molecule has 92 valence electrons. The standard InChI is InChI=1S/C12H21NO3/c1-5-7-9(3)11(16)13-12(4,6-2)8-10(14)15/h7H,5-6,8H2,1-4H3,(H,13,16)(H,14,15)/b9-7+. The summed E-state index contributed by atoms with van der Waals surface area (Å²) in [4.78, 5) is 22.4. The number of amides is 1. The fraction of sp³-hybridized carbons (Fsp3) is 0.667. The van der Waals surface area contributed by atoms with Gasteiger partial charge in [0.2, 0.25) is 5.91 Å². The molecule has 0 fully saturated rings. The van der Waals surface area contributed by atoms with Crippen molar-refractivity contribution in [1.29, 1.82) is 0 Å². The van der Waals surface area contributed by atoms with Crippen LogP contribution in [0.25, 0.3) is 0 Å². The third-order valence-corrected chi connectivity index (χ3v) is 2.61. The molecule has 0 saturated heterocycles. The van der Waals surface area contributed by atoms with Crippen LogP contribution in [-0.4, -0.2) is 22.5 Å². The van der Waals surface area contributed by atoms with Crippen molar-refractivity contribution in [3.8, 4) is 0 Å². The number of rotatable bonds is 6. The van der Waals surface area contributed by atoms with Gasteiger partial charge in [-0.25, -0.2) is 0 Å². The summed E-state index contributed by atoms with van der Waals surface area (Å²) in [5.74, 6) is -1.09. The molecule has 0 aliphatic rings. The molecule has 0 aromatic carbocycles. The number of aliphatic carboxylic acids is 1. The van der Waals surface area contributed by atoms with E-state index < -0.39 is 11.5 Å². The molecule has 16 heavy (non-hydrogen) atoms. The fourth-order valence-electron chi connectivity index (χ4n) is 1.36. The van der Waals surface area contributed by atoms with Crippen LogP contribution in [0.5, 0.6) is 0 Å². The van der Waals surface area contributed by atoms with Crippen molar-refractivity contribution in [2.45, 2.75) is 52.5 Å². The Hall–Kier alpha value is -1.32. The topological polar surface area (TPSA) is 66.4 Å². The zero-order chi connectivity index (χ0) is 12.8. The van der Waals surface area contributed by atoms with Crippen molar-refractivity contribution < 1.29 is 14.7 Å². The molecule has 2 N–H and O–H groups in total. The van der Waals surface area contributed by atoms with Gasteiger partial charge in [-0.05, 0) is 26.7 Å². The maximum Gasteiger partial charge on any atom is 0.305 e. The van der Waals surface area contributed by atoms with E-state index in [1.54, 1.807) is 13.8 Å². The smallest absolute Gasteiger partial charge is 0.305 e. The SMILES string of the molecule is CC/C=C(\C)C(=O)NC(C)(CC)CC(=O)O. The Labute approximate surface area is 96.7 Å². The van der Waals surface area contributed by atoms with Crippen molar-refractivity contribution in [3.63, 3.8) is 0 Å². The second-order valence-corrected chi connectivity index (χ2v) is 4.23. The largest absolute Gasteiger partial charge is 0.481 e. The summed E-state index contributed by atoms with van der Waals surface area (Å²) in [7, 11) is 0. The van der Waals surface area contributed by atoms with E-state index in [2.05, 4.69) is 5.32 Å². The first-order valence-electron chi connectivity index (χ1n) is 5.55. The second kappa shape index (κ2) is 6.30. The van der Waals surface area contributed by atoms with E-state index in [1.807, 2.05) is 19.9 Å². The van der Waals surface area contributed by atoms with Gasteiger partial charge in [0, 0.05) is 11.1 Å².